The summed E-state index contributed by atoms with van der Waals surface area (Å²) < 4.78 is 35.4. The monoisotopic (exact) mass is 704 g/mol. The van der Waals surface area contributed by atoms with Crippen molar-refractivity contribution >= 4 is 23.9 Å². The van der Waals surface area contributed by atoms with E-state index in [9.17, 15) is 80.5 Å². The van der Waals surface area contributed by atoms with Crippen molar-refractivity contribution in [2.45, 2.75) is 111 Å². The van der Waals surface area contributed by atoms with Gasteiger partial charge in [-0.2, -0.15) is 0 Å². The highest BCUT2D eigenvalue weighted by atomic mass is 16.8. The molecule has 4 aliphatic rings. The maximum Gasteiger partial charge on any atom is 0.371 e. The highest BCUT2D eigenvalue weighted by molar-refractivity contribution is 5.84. The van der Waals surface area contributed by atoms with E-state index in [1.807, 2.05) is 0 Å². The third-order valence-corrected chi connectivity index (χ3v) is 7.66. The van der Waals surface area contributed by atoms with Gasteiger partial charge in [-0.15, -0.1) is 0 Å². The number of rotatable bonds is 10. The van der Waals surface area contributed by atoms with E-state index in [1.54, 1.807) is 0 Å². The fraction of sp³-hybridized carbons (Fsp3) is 0.750. The van der Waals surface area contributed by atoms with Crippen molar-refractivity contribution in [3.8, 4) is 0 Å². The van der Waals surface area contributed by atoms with Gasteiger partial charge in [-0.25, -0.2) is 19.2 Å². The quantitative estimate of drug-likeness (QED) is 0.100. The molecule has 272 valence electrons. The Hall–Kier alpha value is -3.18. The fourth-order valence-corrected chi connectivity index (χ4v) is 5.14. The van der Waals surface area contributed by atoms with Crippen LogP contribution in [0.1, 0.15) is 0 Å². The summed E-state index contributed by atoms with van der Waals surface area (Å²) in [5.41, 5.74) is 0. The van der Waals surface area contributed by atoms with Gasteiger partial charge >= 0.3 is 23.9 Å². The summed E-state index contributed by atoms with van der Waals surface area (Å²) >= 11 is 0. The lowest BCUT2D eigenvalue weighted by molar-refractivity contribution is -0.373. The second-order valence-electron chi connectivity index (χ2n) is 10.9. The van der Waals surface area contributed by atoms with Gasteiger partial charge < -0.3 is 99.5 Å². The molecule has 0 aromatic carbocycles. The van der Waals surface area contributed by atoms with Crippen molar-refractivity contribution in [2.75, 3.05) is 0 Å². The molecule has 0 amide bonds. The first-order valence-electron chi connectivity index (χ1n) is 13.7. The van der Waals surface area contributed by atoms with Crippen LogP contribution in [0.15, 0.2) is 11.8 Å². The summed E-state index contributed by atoms with van der Waals surface area (Å²) in [6.45, 7) is 0. The SMILES string of the molecule is O=C(O)C1=C[C@H](O)[C@@H](O)[C@H](O[C@H]2[C@H](O)[C@@H](O)[C@H](O[C@H]3[C@H](O)[C@@H](O)[C@H](O[C@H]4[C@H](O)[C@@H](O)C(O)O[C@@H]4C(=O)O)O[C@@H]3C(=O)O)O[C@@H]2C(=O)O)O1. The molecule has 0 aromatic heterocycles. The molecule has 0 aromatic rings. The minimum absolute atomic E-state index is 0.595. The molecule has 0 saturated carbocycles. The number of aliphatic carboxylic acids is 4. The van der Waals surface area contributed by atoms with Crippen molar-refractivity contribution in [2.24, 2.45) is 0 Å². The zero-order chi connectivity index (χ0) is 35.9. The molecule has 18 atom stereocenters. The molecule has 4 rings (SSSR count). The lowest BCUT2D eigenvalue weighted by Crippen LogP contribution is -2.68. The van der Waals surface area contributed by atoms with E-state index < -0.39 is 140 Å². The normalized spacial score (nSPS) is 46.6. The first kappa shape index (κ1) is 37.6. The van der Waals surface area contributed by atoms with E-state index in [4.69, 9.17) is 33.5 Å². The van der Waals surface area contributed by atoms with Gasteiger partial charge in [0.2, 0.25) is 12.0 Å². The Morgan fingerprint density at radius 3 is 1.27 bits per heavy atom. The number of ether oxygens (including phenoxy) is 7. The Morgan fingerprint density at radius 2 is 0.875 bits per heavy atom. The largest absolute Gasteiger partial charge is 0.479 e. The van der Waals surface area contributed by atoms with Gasteiger partial charge in [0.15, 0.2) is 37.2 Å². The maximum atomic E-state index is 12.1. The van der Waals surface area contributed by atoms with Crippen LogP contribution in [0.5, 0.6) is 0 Å². The van der Waals surface area contributed by atoms with E-state index in [0.29, 0.717) is 6.08 Å². The van der Waals surface area contributed by atoms with E-state index in [-0.39, 0.29) is 0 Å². The topological polar surface area (TPSA) is 396 Å². The standard InChI is InChI=1S/C24H32O24/c25-2-1-3(17(33)34)42-22(4(2)26)44-12-6(28)9(31)24(47-15(12)19(37)38)46-13-7(29)10(32)23(48-16(13)20(39)40)45-11-5(27)8(30)21(41)43-14(11)18(35)36/h1-2,4-16,21-32,41H,(H,33,34)(H,35,36)(H,37,38)(H,39,40)/t2-,4+,5+,6+,7+,8+,9+,10+,11-,12-,13-,14-,15-,16-,21?,22-,23+,24+/m0/s1. The van der Waals surface area contributed by atoms with Crippen LogP contribution in [0, 0.1) is 0 Å². The number of aliphatic hydroxyl groups is 9. The lowest BCUT2D eigenvalue weighted by atomic mass is 9.95. The van der Waals surface area contributed by atoms with Gasteiger partial charge in [-0.1, -0.05) is 0 Å². The summed E-state index contributed by atoms with van der Waals surface area (Å²) in [5.74, 6) is -8.39. The third kappa shape index (κ3) is 7.37. The van der Waals surface area contributed by atoms with Crippen molar-refractivity contribution in [1.82, 2.24) is 0 Å². The first-order chi connectivity index (χ1) is 22.3. The minimum Gasteiger partial charge on any atom is -0.479 e. The maximum absolute atomic E-state index is 12.1. The van der Waals surface area contributed by atoms with Crippen molar-refractivity contribution in [1.29, 1.82) is 0 Å². The average Bonchev–Trinajstić information content (AvgIpc) is 3.01. The molecule has 4 heterocycles. The smallest absolute Gasteiger partial charge is 0.371 e. The third-order valence-electron chi connectivity index (χ3n) is 7.66. The number of hydrogen-bond donors (Lipinski definition) is 13. The van der Waals surface area contributed by atoms with Gasteiger partial charge in [-0.3, -0.25) is 0 Å². The number of hydrogen-bond acceptors (Lipinski definition) is 20. The zero-order valence-corrected chi connectivity index (χ0v) is 23.8. The predicted molar refractivity (Wildman–Crippen MR) is 134 cm³/mol. The Balaban J connectivity index is 1.51. The molecule has 0 aliphatic carbocycles. The highest BCUT2D eigenvalue weighted by Gasteiger charge is 2.57. The van der Waals surface area contributed by atoms with Gasteiger partial charge in [0.05, 0.1) is 0 Å². The summed E-state index contributed by atoms with van der Waals surface area (Å²) in [6.07, 6.45) is -39.8. The lowest BCUT2D eigenvalue weighted by Gasteiger charge is -2.47. The fourth-order valence-electron chi connectivity index (χ4n) is 5.14. The molecular weight excluding hydrogens is 672 g/mol. The van der Waals surface area contributed by atoms with Crippen LogP contribution >= 0.6 is 0 Å². The van der Waals surface area contributed by atoms with Crippen LogP contribution in [-0.4, -0.2) is 201 Å². The number of carbonyl (C=O) groups is 4. The molecule has 3 fully saturated rings. The van der Waals surface area contributed by atoms with Crippen molar-refractivity contribution < 1.29 is 119 Å². The average molecular weight is 704 g/mol. The molecule has 0 bridgehead atoms. The molecular formula is C24H32O24. The zero-order valence-electron chi connectivity index (χ0n) is 23.8. The van der Waals surface area contributed by atoms with E-state index >= 15 is 0 Å². The summed E-state index contributed by atoms with van der Waals surface area (Å²) in [5, 5.41) is 131. The van der Waals surface area contributed by atoms with Crippen LogP contribution in [0.2, 0.25) is 0 Å². The summed E-state index contributed by atoms with van der Waals surface area (Å²) in [7, 11) is 0. The highest BCUT2D eigenvalue weighted by Crippen LogP contribution is 2.34. The predicted octanol–water partition coefficient (Wildman–Crippen LogP) is -8.23. The van der Waals surface area contributed by atoms with Crippen molar-refractivity contribution in [3.63, 3.8) is 0 Å². The molecule has 13 N–H and O–H groups in total. The molecule has 24 heteroatoms. The summed E-state index contributed by atoms with van der Waals surface area (Å²) in [4.78, 5) is 47.0. The van der Waals surface area contributed by atoms with Crippen LogP contribution in [0.25, 0.3) is 0 Å². The second-order valence-corrected chi connectivity index (χ2v) is 10.9. The Bertz CT molecular complexity index is 1240. The van der Waals surface area contributed by atoms with E-state index in [0.717, 1.165) is 0 Å². The molecule has 24 nitrogen and oxygen atoms in total. The Morgan fingerprint density at radius 1 is 0.500 bits per heavy atom. The first-order valence-corrected chi connectivity index (χ1v) is 13.7. The molecule has 1 unspecified atom stereocenters. The number of carboxylic acids is 4. The Labute approximate surface area is 265 Å². The Kier molecular flexibility index (Phi) is 11.6. The van der Waals surface area contributed by atoms with Crippen LogP contribution < -0.4 is 0 Å². The van der Waals surface area contributed by atoms with Gasteiger partial charge in [0, 0.05) is 0 Å². The van der Waals surface area contributed by atoms with Crippen molar-refractivity contribution in [3.05, 3.63) is 11.8 Å². The van der Waals surface area contributed by atoms with Crippen LogP contribution in [0.3, 0.4) is 0 Å². The van der Waals surface area contributed by atoms with E-state index in [2.05, 4.69) is 4.74 Å². The molecule has 48 heavy (non-hydrogen) atoms. The van der Waals surface area contributed by atoms with Crippen LogP contribution in [-0.2, 0) is 52.3 Å². The number of carboxylic acid groups (broad SMARTS) is 4. The molecule has 0 radical (unpaired) electrons. The van der Waals surface area contributed by atoms with Gasteiger partial charge in [0.1, 0.15) is 67.1 Å². The van der Waals surface area contributed by atoms with E-state index in [1.165, 1.54) is 0 Å². The second kappa shape index (κ2) is 14.7. The van der Waals surface area contributed by atoms with Gasteiger partial charge in [0.25, 0.3) is 0 Å². The molecule has 4 aliphatic heterocycles. The molecule has 3 saturated heterocycles. The van der Waals surface area contributed by atoms with Gasteiger partial charge in [-0.05, 0) is 6.08 Å². The molecule has 0 spiro atoms. The number of aliphatic hydroxyl groups excluding tert-OH is 9. The minimum atomic E-state index is -2.41. The van der Waals surface area contributed by atoms with Crippen LogP contribution in [0.4, 0.5) is 0 Å². The summed E-state index contributed by atoms with van der Waals surface area (Å²) in [6, 6.07) is 0.